The lowest BCUT2D eigenvalue weighted by molar-refractivity contribution is -0.119. The summed E-state index contributed by atoms with van der Waals surface area (Å²) in [5.41, 5.74) is 1.17. The Hall–Kier alpha value is -1.51. The van der Waals surface area contributed by atoms with Crippen LogP contribution in [-0.4, -0.2) is 13.0 Å². The van der Waals surface area contributed by atoms with Crippen LogP contribution in [0.3, 0.4) is 0 Å². The number of rotatable bonds is 4. The molecule has 0 spiro atoms. The Morgan fingerprint density at radius 1 is 1.38 bits per heavy atom. The lowest BCUT2D eigenvalue weighted by Crippen LogP contribution is -2.27. The van der Waals surface area contributed by atoms with Gasteiger partial charge in [0.05, 0.1) is 13.2 Å². The predicted octanol–water partition coefficient (Wildman–Crippen LogP) is 2.28. The summed E-state index contributed by atoms with van der Waals surface area (Å²) in [4.78, 5) is 11.1. The Labute approximate surface area is 95.8 Å². The molecular formula is C13H17NO2. The maximum absolute atomic E-state index is 11.1. The molecule has 1 aromatic rings. The first-order valence-corrected chi connectivity index (χ1v) is 5.62. The lowest BCUT2D eigenvalue weighted by Gasteiger charge is -2.17. The van der Waals surface area contributed by atoms with Gasteiger partial charge in [-0.25, -0.2) is 0 Å². The highest BCUT2D eigenvalue weighted by Gasteiger charge is 2.32. The van der Waals surface area contributed by atoms with Gasteiger partial charge in [-0.15, -0.1) is 0 Å². The maximum Gasteiger partial charge on any atom is 0.217 e. The summed E-state index contributed by atoms with van der Waals surface area (Å²) in [5.74, 6) is 1.49. The molecule has 0 aliphatic heterocycles. The van der Waals surface area contributed by atoms with Gasteiger partial charge in [-0.1, -0.05) is 12.1 Å². The van der Waals surface area contributed by atoms with Crippen molar-refractivity contribution in [3.63, 3.8) is 0 Å². The third-order valence-electron chi connectivity index (χ3n) is 2.93. The standard InChI is InChI=1S/C13H17NO2/c1-9(15)14-13(10-3-4-10)11-5-7-12(16-2)8-6-11/h5-8,10,13H,3-4H2,1-2H3,(H,14,15). The van der Waals surface area contributed by atoms with Gasteiger partial charge in [0.2, 0.25) is 5.91 Å². The van der Waals surface area contributed by atoms with E-state index in [4.69, 9.17) is 4.74 Å². The molecule has 1 N–H and O–H groups in total. The molecule has 0 aromatic heterocycles. The van der Waals surface area contributed by atoms with Gasteiger partial charge in [-0.2, -0.15) is 0 Å². The van der Waals surface area contributed by atoms with Gasteiger partial charge in [-0.05, 0) is 36.5 Å². The Balaban J connectivity index is 2.14. The zero-order chi connectivity index (χ0) is 11.5. The molecule has 1 atom stereocenters. The molecule has 1 amide bonds. The van der Waals surface area contributed by atoms with Crippen LogP contribution in [0.25, 0.3) is 0 Å². The third kappa shape index (κ3) is 2.54. The number of hydrogen-bond acceptors (Lipinski definition) is 2. The van der Waals surface area contributed by atoms with Crippen molar-refractivity contribution in [2.45, 2.75) is 25.8 Å². The molecule has 1 aromatic carbocycles. The molecule has 1 aliphatic rings. The largest absolute Gasteiger partial charge is 0.497 e. The average molecular weight is 219 g/mol. The van der Waals surface area contributed by atoms with Crippen LogP contribution in [-0.2, 0) is 4.79 Å². The highest BCUT2D eigenvalue weighted by Crippen LogP contribution is 2.41. The van der Waals surface area contributed by atoms with E-state index in [1.165, 1.54) is 18.4 Å². The third-order valence-corrected chi connectivity index (χ3v) is 2.93. The zero-order valence-electron chi connectivity index (χ0n) is 9.69. The summed E-state index contributed by atoms with van der Waals surface area (Å²) in [6.45, 7) is 1.57. The minimum Gasteiger partial charge on any atom is -0.497 e. The van der Waals surface area contributed by atoms with Crippen molar-refractivity contribution in [1.29, 1.82) is 0 Å². The Morgan fingerprint density at radius 2 is 2.00 bits per heavy atom. The quantitative estimate of drug-likeness (QED) is 0.843. The van der Waals surface area contributed by atoms with Crippen molar-refractivity contribution >= 4 is 5.91 Å². The number of benzene rings is 1. The smallest absolute Gasteiger partial charge is 0.217 e. The highest BCUT2D eigenvalue weighted by atomic mass is 16.5. The van der Waals surface area contributed by atoms with E-state index in [9.17, 15) is 4.79 Å². The normalized spacial score (nSPS) is 16.6. The molecular weight excluding hydrogens is 202 g/mol. The molecule has 2 rings (SSSR count). The molecule has 0 heterocycles. The molecule has 1 unspecified atom stereocenters. The molecule has 16 heavy (non-hydrogen) atoms. The first-order valence-electron chi connectivity index (χ1n) is 5.62. The second-order valence-electron chi connectivity index (χ2n) is 4.29. The van der Waals surface area contributed by atoms with Crippen LogP contribution in [0.2, 0.25) is 0 Å². The van der Waals surface area contributed by atoms with Gasteiger partial charge in [0.15, 0.2) is 0 Å². The molecule has 86 valence electrons. The predicted molar refractivity (Wildman–Crippen MR) is 62.3 cm³/mol. The van der Waals surface area contributed by atoms with E-state index in [1.807, 2.05) is 24.3 Å². The van der Waals surface area contributed by atoms with Crippen molar-refractivity contribution in [2.75, 3.05) is 7.11 Å². The van der Waals surface area contributed by atoms with Crippen LogP contribution >= 0.6 is 0 Å². The van der Waals surface area contributed by atoms with Crippen LogP contribution in [0.4, 0.5) is 0 Å². The maximum atomic E-state index is 11.1. The van der Waals surface area contributed by atoms with E-state index in [1.54, 1.807) is 14.0 Å². The number of nitrogens with one attached hydrogen (secondary N) is 1. The van der Waals surface area contributed by atoms with E-state index in [-0.39, 0.29) is 11.9 Å². The summed E-state index contributed by atoms with van der Waals surface area (Å²) < 4.78 is 5.12. The number of methoxy groups -OCH3 is 1. The number of carbonyl (C=O) groups is 1. The van der Waals surface area contributed by atoms with Crippen LogP contribution in [0.5, 0.6) is 5.75 Å². The first kappa shape index (κ1) is 11.0. The van der Waals surface area contributed by atoms with Crippen molar-refractivity contribution in [3.8, 4) is 5.75 Å². The SMILES string of the molecule is COc1ccc(C(NC(C)=O)C2CC2)cc1. The summed E-state index contributed by atoms with van der Waals surface area (Å²) in [6.07, 6.45) is 2.41. The molecule has 0 radical (unpaired) electrons. The number of ether oxygens (including phenoxy) is 1. The summed E-state index contributed by atoms with van der Waals surface area (Å²) in [5, 5.41) is 3.02. The van der Waals surface area contributed by atoms with Crippen LogP contribution in [0.1, 0.15) is 31.4 Å². The van der Waals surface area contributed by atoms with E-state index in [0.29, 0.717) is 5.92 Å². The fraction of sp³-hybridized carbons (Fsp3) is 0.462. The van der Waals surface area contributed by atoms with Gasteiger partial charge in [0.1, 0.15) is 5.75 Å². The zero-order valence-corrected chi connectivity index (χ0v) is 9.69. The van der Waals surface area contributed by atoms with E-state index in [0.717, 1.165) is 5.75 Å². The summed E-state index contributed by atoms with van der Waals surface area (Å²) in [7, 11) is 1.65. The van der Waals surface area contributed by atoms with Crippen LogP contribution in [0.15, 0.2) is 24.3 Å². The van der Waals surface area contributed by atoms with Crippen LogP contribution in [0, 0.1) is 5.92 Å². The number of carbonyl (C=O) groups excluding carboxylic acids is 1. The minimum atomic E-state index is 0.0349. The van der Waals surface area contributed by atoms with E-state index < -0.39 is 0 Å². The monoisotopic (exact) mass is 219 g/mol. The second-order valence-corrected chi connectivity index (χ2v) is 4.29. The van der Waals surface area contributed by atoms with Gasteiger partial charge in [0.25, 0.3) is 0 Å². The van der Waals surface area contributed by atoms with Crippen molar-refractivity contribution in [3.05, 3.63) is 29.8 Å². The molecule has 1 fully saturated rings. The van der Waals surface area contributed by atoms with Gasteiger partial charge < -0.3 is 10.1 Å². The van der Waals surface area contributed by atoms with E-state index >= 15 is 0 Å². The van der Waals surface area contributed by atoms with Gasteiger partial charge in [-0.3, -0.25) is 4.79 Å². The fourth-order valence-corrected chi connectivity index (χ4v) is 1.93. The van der Waals surface area contributed by atoms with Crippen molar-refractivity contribution in [1.82, 2.24) is 5.32 Å². The highest BCUT2D eigenvalue weighted by molar-refractivity contribution is 5.73. The molecule has 3 heteroatoms. The minimum absolute atomic E-state index is 0.0349. The fourth-order valence-electron chi connectivity index (χ4n) is 1.93. The molecule has 1 aliphatic carbocycles. The van der Waals surface area contributed by atoms with Crippen molar-refractivity contribution < 1.29 is 9.53 Å². The molecule has 0 bridgehead atoms. The molecule has 1 saturated carbocycles. The first-order chi connectivity index (χ1) is 7.70. The van der Waals surface area contributed by atoms with Gasteiger partial charge in [0, 0.05) is 6.92 Å². The Bertz CT molecular complexity index is 368. The topological polar surface area (TPSA) is 38.3 Å². The average Bonchev–Trinajstić information content (AvgIpc) is 3.10. The Morgan fingerprint density at radius 3 is 2.44 bits per heavy atom. The van der Waals surface area contributed by atoms with Crippen LogP contribution < -0.4 is 10.1 Å². The number of hydrogen-bond donors (Lipinski definition) is 1. The lowest BCUT2D eigenvalue weighted by atomic mass is 10.0. The van der Waals surface area contributed by atoms with E-state index in [2.05, 4.69) is 5.32 Å². The van der Waals surface area contributed by atoms with Crippen molar-refractivity contribution in [2.24, 2.45) is 5.92 Å². The molecule has 3 nitrogen and oxygen atoms in total. The van der Waals surface area contributed by atoms with Gasteiger partial charge >= 0.3 is 0 Å². The number of amides is 1. The summed E-state index contributed by atoms with van der Waals surface area (Å²) in [6, 6.07) is 8.09. The molecule has 0 saturated heterocycles. The second kappa shape index (κ2) is 4.56. The Kier molecular flexibility index (Phi) is 3.13. The summed E-state index contributed by atoms with van der Waals surface area (Å²) >= 11 is 0.